The minimum atomic E-state index is -0.388. The smallest absolute Gasteiger partial charge is 0.0845 e. The van der Waals surface area contributed by atoms with E-state index in [2.05, 4.69) is 15.5 Å². The lowest BCUT2D eigenvalue weighted by Crippen LogP contribution is -2.42. The monoisotopic (exact) mass is 348 g/mol. The van der Waals surface area contributed by atoms with Crippen LogP contribution >= 0.6 is 11.6 Å². The van der Waals surface area contributed by atoms with Crippen LogP contribution in [0.3, 0.4) is 0 Å². The Labute approximate surface area is 148 Å². The number of rotatable bonds is 4. The lowest BCUT2D eigenvalue weighted by Gasteiger charge is -2.29. The molecule has 1 aliphatic carbocycles. The summed E-state index contributed by atoms with van der Waals surface area (Å²) in [6.45, 7) is 4.65. The quantitative estimate of drug-likeness (QED) is 0.923. The van der Waals surface area contributed by atoms with E-state index >= 15 is 0 Å². The maximum absolute atomic E-state index is 10.7. The second kappa shape index (κ2) is 7.04. The van der Waals surface area contributed by atoms with Crippen molar-refractivity contribution >= 4 is 22.5 Å². The summed E-state index contributed by atoms with van der Waals surface area (Å²) in [5, 5.41) is 12.7. The maximum Gasteiger partial charge on any atom is 0.0845 e. The molecule has 2 aromatic rings. The number of aliphatic hydroxyl groups excluding tert-OH is 1. The van der Waals surface area contributed by atoms with Crippen LogP contribution in [0.2, 0.25) is 5.02 Å². The van der Waals surface area contributed by atoms with Crippen molar-refractivity contribution in [2.45, 2.75) is 38.3 Å². The molecule has 4 rings (SSSR count). The van der Waals surface area contributed by atoms with Gasteiger partial charge in [0, 0.05) is 30.7 Å². The fraction of sp³-hybridized carbons (Fsp3) is 0.579. The van der Waals surface area contributed by atoms with Gasteiger partial charge in [0.1, 0.15) is 0 Å². The van der Waals surface area contributed by atoms with Gasteiger partial charge in [0.25, 0.3) is 0 Å². The minimum absolute atomic E-state index is 0.388. The number of para-hydroxylation sites is 1. The highest BCUT2D eigenvalue weighted by Gasteiger charge is 2.23. The van der Waals surface area contributed by atoms with E-state index in [0.717, 1.165) is 49.7 Å². The van der Waals surface area contributed by atoms with Gasteiger partial charge in [-0.1, -0.05) is 23.7 Å². The molecule has 1 aromatic heterocycles. The number of halogens is 1. The van der Waals surface area contributed by atoms with Crippen molar-refractivity contribution in [3.63, 3.8) is 0 Å². The van der Waals surface area contributed by atoms with Crippen molar-refractivity contribution in [2.24, 2.45) is 0 Å². The van der Waals surface area contributed by atoms with E-state index < -0.39 is 0 Å². The summed E-state index contributed by atoms with van der Waals surface area (Å²) in [6.07, 6.45) is 4.29. The van der Waals surface area contributed by atoms with Crippen LogP contribution in [-0.4, -0.2) is 53.5 Å². The van der Waals surface area contributed by atoms with Crippen LogP contribution in [0.25, 0.3) is 10.9 Å². The number of aryl methyl sites for hydroxylation is 1. The molecule has 0 bridgehead atoms. The number of fused-ring (bicyclic) bond motifs is 3. The van der Waals surface area contributed by atoms with Gasteiger partial charge in [0.05, 0.1) is 36.4 Å². The van der Waals surface area contributed by atoms with E-state index in [0.29, 0.717) is 13.1 Å². The first-order valence-electron chi connectivity index (χ1n) is 9.00. The highest BCUT2D eigenvalue weighted by molar-refractivity contribution is 6.35. The molecule has 0 spiro atoms. The highest BCUT2D eigenvalue weighted by Crippen LogP contribution is 2.35. The molecule has 1 fully saturated rings. The number of ether oxygens (including phenoxy) is 1. The van der Waals surface area contributed by atoms with Crippen LogP contribution in [0.5, 0.6) is 0 Å². The first-order chi connectivity index (χ1) is 11.7. The van der Waals surface area contributed by atoms with Gasteiger partial charge in [0.15, 0.2) is 0 Å². The normalized spacial score (nSPS) is 20.2. The Kier molecular flexibility index (Phi) is 4.81. The average Bonchev–Trinajstić information content (AvgIpc) is 2.91. The zero-order valence-electron chi connectivity index (χ0n) is 14.0. The third kappa shape index (κ3) is 3.08. The van der Waals surface area contributed by atoms with E-state index in [1.807, 2.05) is 12.1 Å². The summed E-state index contributed by atoms with van der Waals surface area (Å²) in [6, 6.07) is 6.17. The van der Waals surface area contributed by atoms with E-state index in [1.165, 1.54) is 29.5 Å². The third-order valence-electron chi connectivity index (χ3n) is 5.31. The van der Waals surface area contributed by atoms with Crippen molar-refractivity contribution in [1.82, 2.24) is 9.47 Å². The largest absolute Gasteiger partial charge is 0.390 e. The minimum Gasteiger partial charge on any atom is -0.390 e. The van der Waals surface area contributed by atoms with Crippen molar-refractivity contribution in [3.05, 3.63) is 34.5 Å². The topological polar surface area (TPSA) is 37.6 Å². The summed E-state index contributed by atoms with van der Waals surface area (Å²) < 4.78 is 7.68. The van der Waals surface area contributed by atoms with Gasteiger partial charge in [-0.2, -0.15) is 0 Å². The molecule has 0 radical (unpaired) electrons. The molecule has 1 N–H and O–H groups in total. The second-order valence-electron chi connectivity index (χ2n) is 6.95. The van der Waals surface area contributed by atoms with E-state index in [9.17, 15) is 5.11 Å². The maximum atomic E-state index is 10.7. The van der Waals surface area contributed by atoms with Gasteiger partial charge in [-0.15, -0.1) is 0 Å². The molecule has 2 heterocycles. The molecule has 4 nitrogen and oxygen atoms in total. The van der Waals surface area contributed by atoms with Gasteiger partial charge in [-0.3, -0.25) is 4.90 Å². The summed E-state index contributed by atoms with van der Waals surface area (Å²) in [5.74, 6) is 0. The number of aliphatic hydroxyl groups is 1. The lowest BCUT2D eigenvalue weighted by atomic mass is 9.95. The highest BCUT2D eigenvalue weighted by atomic mass is 35.5. The zero-order chi connectivity index (χ0) is 16.5. The Hall–Kier alpha value is -1.07. The number of benzene rings is 1. The Morgan fingerprint density at radius 1 is 1.12 bits per heavy atom. The fourth-order valence-electron chi connectivity index (χ4n) is 4.20. The predicted molar refractivity (Wildman–Crippen MR) is 96.9 cm³/mol. The van der Waals surface area contributed by atoms with Gasteiger partial charge >= 0.3 is 0 Å². The van der Waals surface area contributed by atoms with Gasteiger partial charge < -0.3 is 14.4 Å². The van der Waals surface area contributed by atoms with E-state index in [4.69, 9.17) is 16.3 Å². The van der Waals surface area contributed by atoms with Gasteiger partial charge in [0.2, 0.25) is 0 Å². The van der Waals surface area contributed by atoms with Crippen LogP contribution in [0, 0.1) is 0 Å². The molecule has 1 aromatic carbocycles. The molecule has 0 amide bonds. The number of β-amino-alcohol motifs (C(OH)–C–C–N with tert-alkyl or cyclic N) is 1. The number of hydrogen-bond donors (Lipinski definition) is 1. The first-order valence-corrected chi connectivity index (χ1v) is 9.38. The summed E-state index contributed by atoms with van der Waals surface area (Å²) in [7, 11) is 0. The number of morpholine rings is 1. The number of hydrogen-bond acceptors (Lipinski definition) is 3. The van der Waals surface area contributed by atoms with Crippen molar-refractivity contribution < 1.29 is 9.84 Å². The Bertz CT molecular complexity index is 722. The molecule has 1 saturated heterocycles. The zero-order valence-corrected chi connectivity index (χ0v) is 14.8. The molecule has 5 heteroatoms. The molecule has 24 heavy (non-hydrogen) atoms. The lowest BCUT2D eigenvalue weighted by molar-refractivity contribution is 0.0116. The molecule has 0 unspecified atom stereocenters. The Balaban J connectivity index is 1.63. The number of nitrogens with zero attached hydrogens (tertiary/aromatic N) is 2. The van der Waals surface area contributed by atoms with E-state index in [-0.39, 0.29) is 6.10 Å². The molecular weight excluding hydrogens is 324 g/mol. The van der Waals surface area contributed by atoms with Crippen LogP contribution in [-0.2, 0) is 24.1 Å². The fourth-order valence-corrected chi connectivity index (χ4v) is 4.47. The van der Waals surface area contributed by atoms with Crippen LogP contribution < -0.4 is 0 Å². The van der Waals surface area contributed by atoms with E-state index in [1.54, 1.807) is 0 Å². The van der Waals surface area contributed by atoms with Gasteiger partial charge in [-0.25, -0.2) is 0 Å². The second-order valence-corrected chi connectivity index (χ2v) is 7.35. The summed E-state index contributed by atoms with van der Waals surface area (Å²) in [4.78, 5) is 2.29. The predicted octanol–water partition coefficient (Wildman–Crippen LogP) is 2.87. The average molecular weight is 349 g/mol. The standard InChI is InChI=1S/C19H25ClN2O2/c20-17-6-3-5-16-15-4-1-2-7-18(15)22(19(16)17)13-14(23)12-21-8-10-24-11-9-21/h3,5-6,14,23H,1-2,4,7-13H2/t14-/m0/s1. The van der Waals surface area contributed by atoms with Crippen molar-refractivity contribution in [3.8, 4) is 0 Å². The van der Waals surface area contributed by atoms with Crippen LogP contribution in [0.1, 0.15) is 24.1 Å². The molecule has 0 saturated carbocycles. The SMILES string of the molecule is O[C@@H](CN1CCOCC1)Cn1c2c(c3cccc(Cl)c31)CCCC2. The summed E-state index contributed by atoms with van der Waals surface area (Å²) in [5.41, 5.74) is 3.93. The Morgan fingerprint density at radius 2 is 1.92 bits per heavy atom. The molecule has 1 aliphatic heterocycles. The summed E-state index contributed by atoms with van der Waals surface area (Å²) >= 11 is 6.53. The van der Waals surface area contributed by atoms with Crippen molar-refractivity contribution in [1.29, 1.82) is 0 Å². The van der Waals surface area contributed by atoms with Crippen LogP contribution in [0.15, 0.2) is 18.2 Å². The molecule has 130 valence electrons. The Morgan fingerprint density at radius 3 is 2.75 bits per heavy atom. The molecular formula is C19H25ClN2O2. The third-order valence-corrected chi connectivity index (χ3v) is 5.62. The van der Waals surface area contributed by atoms with Crippen molar-refractivity contribution in [2.75, 3.05) is 32.8 Å². The van der Waals surface area contributed by atoms with Crippen LogP contribution in [0.4, 0.5) is 0 Å². The first kappa shape index (κ1) is 16.4. The van der Waals surface area contributed by atoms with Gasteiger partial charge in [-0.05, 0) is 37.3 Å². The molecule has 1 atom stereocenters. The molecule has 2 aliphatic rings. The number of aromatic nitrogens is 1.